The van der Waals surface area contributed by atoms with Gasteiger partial charge in [-0.25, -0.2) is 4.79 Å². The highest BCUT2D eigenvalue weighted by molar-refractivity contribution is 5.87. The molecule has 3 N–H and O–H groups in total. The number of phenolic OH excluding ortho intramolecular Hbond substituents is 1. The van der Waals surface area contributed by atoms with E-state index in [0.29, 0.717) is 18.2 Å². The normalized spacial score (nSPS) is 22.3. The van der Waals surface area contributed by atoms with Gasteiger partial charge in [-0.1, -0.05) is 75.6 Å². The molecule has 4 rings (SSSR count). The molecule has 42 heavy (non-hydrogen) atoms. The number of nitrogens with zero attached hydrogens (tertiary/aromatic N) is 2. The van der Waals surface area contributed by atoms with Crippen LogP contribution in [0.3, 0.4) is 0 Å². The fraction of sp³-hybridized carbons (Fsp3) is 0.559. The zero-order valence-corrected chi connectivity index (χ0v) is 25.1. The van der Waals surface area contributed by atoms with E-state index in [-0.39, 0.29) is 36.6 Å². The van der Waals surface area contributed by atoms with Gasteiger partial charge in [0.2, 0.25) is 11.8 Å². The number of amides is 2. The standard InChI is InChI=1S/C34H47N3O5/c1-25-24-36(19-18-34(25,2)27-12-9-15-29(38)23-27)20-21-37(28-13-7-4-8-14-28)32(40)17-16-31(39)35-30(33(41)42)22-26-10-5-3-6-11-26/h3,5-6,9-12,15,23,25,28,30,38H,4,7-8,13-14,16-22,24H2,1-2H3,(H,35,39)(H,41,42). The Bertz CT molecular complexity index is 1200. The second kappa shape index (κ2) is 14.7. The molecule has 2 fully saturated rings. The number of carbonyl (C=O) groups is 3. The Morgan fingerprint density at radius 2 is 1.79 bits per heavy atom. The predicted molar refractivity (Wildman–Crippen MR) is 163 cm³/mol. The first-order valence-corrected chi connectivity index (χ1v) is 15.5. The van der Waals surface area contributed by atoms with Crippen LogP contribution in [-0.4, -0.2) is 76.1 Å². The zero-order chi connectivity index (χ0) is 30.1. The number of carbonyl (C=O) groups excluding carboxylic acids is 2. The molecule has 228 valence electrons. The molecule has 1 heterocycles. The van der Waals surface area contributed by atoms with Crippen LogP contribution in [0.1, 0.15) is 76.3 Å². The molecular weight excluding hydrogens is 530 g/mol. The monoisotopic (exact) mass is 577 g/mol. The maximum Gasteiger partial charge on any atom is 0.326 e. The molecule has 1 saturated carbocycles. The van der Waals surface area contributed by atoms with Gasteiger partial charge in [-0.3, -0.25) is 9.59 Å². The fourth-order valence-electron chi connectivity index (χ4n) is 6.64. The van der Waals surface area contributed by atoms with Gasteiger partial charge in [-0.2, -0.15) is 0 Å². The van der Waals surface area contributed by atoms with Gasteiger partial charge in [0, 0.05) is 44.9 Å². The number of hydrogen-bond donors (Lipinski definition) is 3. The SMILES string of the molecule is CC1CN(CCN(C(=O)CCC(=O)NC(Cc2ccccc2)C(=O)O)C2CCCCC2)CCC1(C)c1cccc(O)c1. The third-order valence-corrected chi connectivity index (χ3v) is 9.55. The first kappa shape index (κ1) is 31.5. The van der Waals surface area contributed by atoms with Gasteiger partial charge < -0.3 is 25.3 Å². The van der Waals surface area contributed by atoms with E-state index in [9.17, 15) is 24.6 Å². The van der Waals surface area contributed by atoms with Crippen molar-refractivity contribution < 1.29 is 24.6 Å². The first-order valence-electron chi connectivity index (χ1n) is 15.5. The van der Waals surface area contributed by atoms with Gasteiger partial charge in [0.15, 0.2) is 0 Å². The van der Waals surface area contributed by atoms with Crippen LogP contribution in [0, 0.1) is 5.92 Å². The summed E-state index contributed by atoms with van der Waals surface area (Å²) in [6.45, 7) is 7.80. The molecule has 0 bridgehead atoms. The van der Waals surface area contributed by atoms with Crippen LogP contribution in [0.5, 0.6) is 5.75 Å². The van der Waals surface area contributed by atoms with Crippen molar-refractivity contribution in [3.63, 3.8) is 0 Å². The summed E-state index contributed by atoms with van der Waals surface area (Å²) in [5.74, 6) is -0.840. The summed E-state index contributed by atoms with van der Waals surface area (Å²) in [5.41, 5.74) is 1.98. The number of carboxylic acid groups (broad SMARTS) is 1. The summed E-state index contributed by atoms with van der Waals surface area (Å²) < 4.78 is 0. The summed E-state index contributed by atoms with van der Waals surface area (Å²) in [6, 6.07) is 16.0. The Kier molecular flexibility index (Phi) is 11.0. The number of benzene rings is 2. The molecule has 3 unspecified atom stereocenters. The second-order valence-corrected chi connectivity index (χ2v) is 12.4. The quantitative estimate of drug-likeness (QED) is 0.336. The van der Waals surface area contributed by atoms with Crippen LogP contribution in [0.25, 0.3) is 0 Å². The molecular formula is C34H47N3O5. The molecule has 2 aliphatic rings. The number of likely N-dealkylation sites (tertiary alicyclic amines) is 1. The minimum atomic E-state index is -1.08. The van der Waals surface area contributed by atoms with Gasteiger partial charge >= 0.3 is 5.97 Å². The number of piperidine rings is 1. The van der Waals surface area contributed by atoms with E-state index in [1.807, 2.05) is 47.4 Å². The second-order valence-electron chi connectivity index (χ2n) is 12.4. The van der Waals surface area contributed by atoms with Crippen LogP contribution in [0.15, 0.2) is 54.6 Å². The molecule has 0 radical (unpaired) electrons. The van der Waals surface area contributed by atoms with E-state index in [2.05, 4.69) is 30.1 Å². The molecule has 8 nitrogen and oxygen atoms in total. The third kappa shape index (κ3) is 8.34. The summed E-state index contributed by atoms with van der Waals surface area (Å²) in [4.78, 5) is 42.4. The molecule has 2 aromatic rings. The highest BCUT2D eigenvalue weighted by Crippen LogP contribution is 2.40. The molecule has 1 saturated heterocycles. The minimum absolute atomic E-state index is 0.0181. The van der Waals surface area contributed by atoms with E-state index in [1.165, 1.54) is 12.0 Å². The molecule has 2 aromatic carbocycles. The number of phenols is 1. The van der Waals surface area contributed by atoms with Crippen LogP contribution < -0.4 is 5.32 Å². The van der Waals surface area contributed by atoms with Gasteiger partial charge in [-0.15, -0.1) is 0 Å². The molecule has 3 atom stereocenters. The van der Waals surface area contributed by atoms with E-state index < -0.39 is 17.9 Å². The van der Waals surface area contributed by atoms with Crippen LogP contribution in [-0.2, 0) is 26.2 Å². The summed E-state index contributed by atoms with van der Waals surface area (Å²) in [6.07, 6.45) is 6.61. The van der Waals surface area contributed by atoms with Crippen molar-refractivity contribution in [1.82, 2.24) is 15.1 Å². The number of aliphatic carboxylic acids is 1. The van der Waals surface area contributed by atoms with E-state index in [1.54, 1.807) is 6.07 Å². The summed E-state index contributed by atoms with van der Waals surface area (Å²) in [5, 5.41) is 22.3. The van der Waals surface area contributed by atoms with Gasteiger partial charge in [-0.05, 0) is 60.4 Å². The van der Waals surface area contributed by atoms with Crippen molar-refractivity contribution in [2.45, 2.75) is 89.1 Å². The Hall–Kier alpha value is -3.39. The average molecular weight is 578 g/mol. The molecule has 1 aliphatic carbocycles. The topological polar surface area (TPSA) is 110 Å². The van der Waals surface area contributed by atoms with E-state index >= 15 is 0 Å². The fourth-order valence-corrected chi connectivity index (χ4v) is 6.64. The number of nitrogens with one attached hydrogen (secondary N) is 1. The van der Waals surface area contributed by atoms with Crippen LogP contribution in [0.4, 0.5) is 0 Å². The lowest BCUT2D eigenvalue weighted by molar-refractivity contribution is -0.142. The Morgan fingerprint density at radius 1 is 1.05 bits per heavy atom. The lowest BCUT2D eigenvalue weighted by atomic mass is 9.68. The highest BCUT2D eigenvalue weighted by Gasteiger charge is 2.38. The lowest BCUT2D eigenvalue weighted by Gasteiger charge is -2.46. The maximum atomic E-state index is 13.5. The van der Waals surface area contributed by atoms with Crippen molar-refractivity contribution in [2.24, 2.45) is 5.92 Å². The maximum absolute atomic E-state index is 13.5. The van der Waals surface area contributed by atoms with Crippen LogP contribution >= 0.6 is 0 Å². The third-order valence-electron chi connectivity index (χ3n) is 9.55. The Balaban J connectivity index is 1.32. The summed E-state index contributed by atoms with van der Waals surface area (Å²) in [7, 11) is 0. The number of hydrogen-bond acceptors (Lipinski definition) is 5. The van der Waals surface area contributed by atoms with Crippen molar-refractivity contribution in [3.05, 3.63) is 65.7 Å². The smallest absolute Gasteiger partial charge is 0.326 e. The predicted octanol–water partition coefficient (Wildman–Crippen LogP) is 4.75. The minimum Gasteiger partial charge on any atom is -0.508 e. The van der Waals surface area contributed by atoms with Crippen molar-refractivity contribution in [1.29, 1.82) is 0 Å². The van der Waals surface area contributed by atoms with Gasteiger partial charge in [0.1, 0.15) is 11.8 Å². The van der Waals surface area contributed by atoms with E-state index in [4.69, 9.17) is 0 Å². The summed E-state index contributed by atoms with van der Waals surface area (Å²) >= 11 is 0. The van der Waals surface area contributed by atoms with E-state index in [0.717, 1.165) is 57.3 Å². The van der Waals surface area contributed by atoms with Crippen molar-refractivity contribution >= 4 is 17.8 Å². The molecule has 0 aromatic heterocycles. The van der Waals surface area contributed by atoms with Gasteiger partial charge in [0.25, 0.3) is 0 Å². The highest BCUT2D eigenvalue weighted by atomic mass is 16.4. The number of carboxylic acids is 1. The molecule has 1 aliphatic heterocycles. The van der Waals surface area contributed by atoms with Crippen molar-refractivity contribution in [2.75, 3.05) is 26.2 Å². The van der Waals surface area contributed by atoms with Crippen molar-refractivity contribution in [3.8, 4) is 5.75 Å². The number of aromatic hydroxyl groups is 1. The molecule has 0 spiro atoms. The first-order chi connectivity index (χ1) is 20.2. The Labute approximate surface area is 250 Å². The van der Waals surface area contributed by atoms with Gasteiger partial charge in [0.05, 0.1) is 0 Å². The largest absolute Gasteiger partial charge is 0.508 e. The molecule has 8 heteroatoms. The molecule has 2 amide bonds. The lowest BCUT2D eigenvalue weighted by Crippen LogP contribution is -2.51. The van der Waals surface area contributed by atoms with Crippen LogP contribution in [0.2, 0.25) is 0 Å². The average Bonchev–Trinajstić information content (AvgIpc) is 2.98. The number of rotatable bonds is 12. The zero-order valence-electron chi connectivity index (χ0n) is 25.1. The Morgan fingerprint density at radius 3 is 2.45 bits per heavy atom.